The van der Waals surface area contributed by atoms with E-state index in [-0.39, 0.29) is 23.2 Å². The Bertz CT molecular complexity index is 1290. The van der Waals surface area contributed by atoms with Crippen LogP contribution in [0.3, 0.4) is 0 Å². The monoisotopic (exact) mass is 438 g/mol. The molecule has 0 saturated carbocycles. The molecule has 0 bridgehead atoms. The van der Waals surface area contributed by atoms with E-state index >= 15 is 0 Å². The maximum absolute atomic E-state index is 13.4. The summed E-state index contributed by atoms with van der Waals surface area (Å²) in [5.41, 5.74) is 0.710. The number of rotatable bonds is 7. The predicted molar refractivity (Wildman–Crippen MR) is 116 cm³/mol. The van der Waals surface area contributed by atoms with E-state index in [2.05, 4.69) is 25.5 Å². The SMILES string of the molecule is COc1ccc(OC)c(-n2c(SCC(=O)Nc3ncn[nH]3)nc3ccccc3c2=O)c1. The molecule has 0 saturated heterocycles. The third kappa shape index (κ3) is 4.21. The highest BCUT2D eigenvalue weighted by molar-refractivity contribution is 7.99. The molecule has 1 amide bonds. The maximum atomic E-state index is 13.4. The van der Waals surface area contributed by atoms with Gasteiger partial charge < -0.3 is 9.47 Å². The van der Waals surface area contributed by atoms with Crippen molar-refractivity contribution in [3.05, 3.63) is 59.1 Å². The molecule has 0 aliphatic carbocycles. The first-order chi connectivity index (χ1) is 15.1. The first-order valence-corrected chi connectivity index (χ1v) is 10.1. The van der Waals surface area contributed by atoms with Gasteiger partial charge in [-0.2, -0.15) is 10.1 Å². The Kier molecular flexibility index (Phi) is 5.85. The fourth-order valence-electron chi connectivity index (χ4n) is 2.96. The van der Waals surface area contributed by atoms with E-state index in [1.807, 2.05) is 0 Å². The van der Waals surface area contributed by atoms with E-state index in [4.69, 9.17) is 9.47 Å². The lowest BCUT2D eigenvalue weighted by Gasteiger charge is -2.16. The summed E-state index contributed by atoms with van der Waals surface area (Å²) in [6, 6.07) is 12.2. The van der Waals surface area contributed by atoms with Crippen molar-refractivity contribution in [2.75, 3.05) is 25.3 Å². The molecule has 0 fully saturated rings. The zero-order valence-corrected chi connectivity index (χ0v) is 17.5. The van der Waals surface area contributed by atoms with Crippen LogP contribution >= 0.6 is 11.8 Å². The molecule has 0 atom stereocenters. The van der Waals surface area contributed by atoms with Crippen LogP contribution in [0.1, 0.15) is 0 Å². The number of hydrogen-bond donors (Lipinski definition) is 2. The number of hydrogen-bond acceptors (Lipinski definition) is 8. The van der Waals surface area contributed by atoms with Gasteiger partial charge in [-0.05, 0) is 24.3 Å². The van der Waals surface area contributed by atoms with Crippen molar-refractivity contribution in [2.24, 2.45) is 0 Å². The number of fused-ring (bicyclic) bond motifs is 1. The standard InChI is InChI=1S/C20H18N6O4S/c1-29-12-7-8-16(30-2)15(9-12)26-18(28)13-5-3-4-6-14(13)23-20(26)31-10-17(27)24-19-21-11-22-25-19/h3-9,11H,10H2,1-2H3,(H2,21,22,24,25,27). The molecule has 0 aliphatic rings. The summed E-state index contributed by atoms with van der Waals surface area (Å²) in [5, 5.41) is 9.63. The van der Waals surface area contributed by atoms with Crippen LogP contribution in [-0.2, 0) is 4.79 Å². The minimum atomic E-state index is -0.326. The van der Waals surface area contributed by atoms with Crippen molar-refractivity contribution in [2.45, 2.75) is 5.16 Å². The van der Waals surface area contributed by atoms with E-state index in [0.29, 0.717) is 33.2 Å². The van der Waals surface area contributed by atoms with Gasteiger partial charge >= 0.3 is 0 Å². The number of nitrogens with one attached hydrogen (secondary N) is 2. The number of ether oxygens (including phenoxy) is 2. The minimum absolute atomic E-state index is 0.00222. The van der Waals surface area contributed by atoms with Crippen molar-refractivity contribution < 1.29 is 14.3 Å². The Morgan fingerprint density at radius 1 is 1.19 bits per heavy atom. The molecule has 2 aromatic heterocycles. The molecule has 158 valence electrons. The number of thioether (sulfide) groups is 1. The van der Waals surface area contributed by atoms with Crippen LogP contribution in [0.25, 0.3) is 16.6 Å². The average Bonchev–Trinajstić information content (AvgIpc) is 3.30. The summed E-state index contributed by atoms with van der Waals surface area (Å²) in [6.07, 6.45) is 1.29. The lowest BCUT2D eigenvalue weighted by atomic mass is 10.2. The maximum Gasteiger partial charge on any atom is 0.266 e. The van der Waals surface area contributed by atoms with Crippen molar-refractivity contribution >= 4 is 34.5 Å². The molecule has 0 unspecified atom stereocenters. The molecular formula is C20H18N6O4S. The molecule has 2 N–H and O–H groups in total. The molecule has 4 aromatic rings. The van der Waals surface area contributed by atoms with Crippen molar-refractivity contribution in [1.29, 1.82) is 0 Å². The van der Waals surface area contributed by atoms with E-state index in [1.54, 1.807) is 42.5 Å². The molecule has 11 heteroatoms. The molecule has 31 heavy (non-hydrogen) atoms. The Morgan fingerprint density at radius 3 is 2.77 bits per heavy atom. The summed E-state index contributed by atoms with van der Waals surface area (Å²) >= 11 is 1.11. The number of aromatic amines is 1. The summed E-state index contributed by atoms with van der Waals surface area (Å²) in [4.78, 5) is 34.2. The molecule has 0 aliphatic heterocycles. The number of nitrogens with zero attached hydrogens (tertiary/aromatic N) is 4. The summed E-state index contributed by atoms with van der Waals surface area (Å²) in [5.74, 6) is 0.928. The average molecular weight is 438 g/mol. The first kappa shape index (κ1) is 20.4. The van der Waals surface area contributed by atoms with E-state index in [0.717, 1.165) is 11.8 Å². The topological polar surface area (TPSA) is 124 Å². The zero-order chi connectivity index (χ0) is 21.8. The highest BCUT2D eigenvalue weighted by Gasteiger charge is 2.18. The second kappa shape index (κ2) is 8.88. The molecule has 4 rings (SSSR count). The molecule has 0 radical (unpaired) electrons. The molecule has 10 nitrogen and oxygen atoms in total. The second-order valence-electron chi connectivity index (χ2n) is 6.26. The first-order valence-electron chi connectivity index (χ1n) is 9.13. The number of anilines is 1. The molecular weight excluding hydrogens is 420 g/mol. The normalized spacial score (nSPS) is 10.8. The summed E-state index contributed by atoms with van der Waals surface area (Å²) < 4.78 is 12.2. The minimum Gasteiger partial charge on any atom is -0.497 e. The largest absolute Gasteiger partial charge is 0.497 e. The number of methoxy groups -OCH3 is 2. The fraction of sp³-hybridized carbons (Fsp3) is 0.150. The number of carbonyl (C=O) groups is 1. The van der Waals surface area contributed by atoms with Gasteiger partial charge in [0, 0.05) is 6.07 Å². The number of carbonyl (C=O) groups excluding carboxylic acids is 1. The van der Waals surface area contributed by atoms with Crippen LogP contribution in [0.5, 0.6) is 11.5 Å². The Labute approximate surface area is 180 Å². The van der Waals surface area contributed by atoms with Crippen LogP contribution in [0, 0.1) is 0 Å². The van der Waals surface area contributed by atoms with Crippen molar-refractivity contribution in [1.82, 2.24) is 24.7 Å². The Balaban J connectivity index is 1.79. The van der Waals surface area contributed by atoms with E-state index < -0.39 is 0 Å². The van der Waals surface area contributed by atoms with E-state index in [9.17, 15) is 9.59 Å². The van der Waals surface area contributed by atoms with Crippen LogP contribution < -0.4 is 20.3 Å². The number of benzene rings is 2. The van der Waals surface area contributed by atoms with Gasteiger partial charge in [0.05, 0.1) is 36.6 Å². The van der Waals surface area contributed by atoms with Gasteiger partial charge in [0.15, 0.2) is 5.16 Å². The lowest BCUT2D eigenvalue weighted by molar-refractivity contribution is -0.113. The molecule has 0 spiro atoms. The van der Waals surface area contributed by atoms with Gasteiger partial charge in [-0.15, -0.1) is 0 Å². The van der Waals surface area contributed by atoms with E-state index in [1.165, 1.54) is 25.1 Å². The van der Waals surface area contributed by atoms with Gasteiger partial charge in [0.1, 0.15) is 17.8 Å². The number of amides is 1. The third-order valence-electron chi connectivity index (χ3n) is 4.38. The lowest BCUT2D eigenvalue weighted by Crippen LogP contribution is -2.23. The van der Waals surface area contributed by atoms with Crippen LogP contribution in [0.2, 0.25) is 0 Å². The molecule has 2 heterocycles. The smallest absolute Gasteiger partial charge is 0.266 e. The number of aromatic nitrogens is 5. The van der Waals surface area contributed by atoms with Crippen LogP contribution in [0.4, 0.5) is 5.95 Å². The highest BCUT2D eigenvalue weighted by Crippen LogP contribution is 2.30. The van der Waals surface area contributed by atoms with Crippen LogP contribution in [0.15, 0.2) is 58.7 Å². The van der Waals surface area contributed by atoms with Gasteiger partial charge in [0.2, 0.25) is 11.9 Å². The van der Waals surface area contributed by atoms with Crippen molar-refractivity contribution in [3.63, 3.8) is 0 Å². The Hall–Kier alpha value is -3.86. The highest BCUT2D eigenvalue weighted by atomic mass is 32.2. The van der Waals surface area contributed by atoms with Gasteiger partial charge in [-0.3, -0.25) is 19.5 Å². The number of H-pyrrole nitrogens is 1. The van der Waals surface area contributed by atoms with Gasteiger partial charge in [-0.1, -0.05) is 23.9 Å². The zero-order valence-electron chi connectivity index (χ0n) is 16.7. The quantitative estimate of drug-likeness (QED) is 0.333. The fourth-order valence-corrected chi connectivity index (χ4v) is 3.76. The molecule has 2 aromatic carbocycles. The Morgan fingerprint density at radius 2 is 2.03 bits per heavy atom. The van der Waals surface area contributed by atoms with Gasteiger partial charge in [-0.25, -0.2) is 10.1 Å². The second-order valence-corrected chi connectivity index (χ2v) is 7.20. The number of para-hydroxylation sites is 1. The van der Waals surface area contributed by atoms with Crippen LogP contribution in [-0.4, -0.2) is 50.6 Å². The third-order valence-corrected chi connectivity index (χ3v) is 5.32. The summed E-state index contributed by atoms with van der Waals surface area (Å²) in [7, 11) is 3.05. The predicted octanol–water partition coefficient (Wildman–Crippen LogP) is 2.25. The van der Waals surface area contributed by atoms with Gasteiger partial charge in [0.25, 0.3) is 5.56 Å². The van der Waals surface area contributed by atoms with Crippen molar-refractivity contribution in [3.8, 4) is 17.2 Å². The summed E-state index contributed by atoms with van der Waals surface area (Å²) in [6.45, 7) is 0.